The highest BCUT2D eigenvalue weighted by Crippen LogP contribution is 2.37. The summed E-state index contributed by atoms with van der Waals surface area (Å²) in [5, 5.41) is 9.09. The number of nitrogens with one attached hydrogen (secondary N) is 1. The Balaban J connectivity index is 2.33. The Morgan fingerprint density at radius 1 is 1.44 bits per heavy atom. The Kier molecular flexibility index (Phi) is 3.63. The number of carboxylic acid groups (broad SMARTS) is 1. The number of rotatable bonds is 4. The van der Waals surface area contributed by atoms with Gasteiger partial charge in [-0.3, -0.25) is 4.79 Å². The molecule has 1 fully saturated rings. The van der Waals surface area contributed by atoms with Crippen molar-refractivity contribution in [1.29, 1.82) is 0 Å². The van der Waals surface area contributed by atoms with E-state index in [4.69, 9.17) is 28.3 Å². The van der Waals surface area contributed by atoms with Crippen molar-refractivity contribution < 1.29 is 18.3 Å². The molecule has 100 valence electrons. The maximum absolute atomic E-state index is 12.1. The van der Waals surface area contributed by atoms with Crippen LogP contribution >= 0.6 is 34.5 Å². The van der Waals surface area contributed by atoms with E-state index in [-0.39, 0.29) is 26.4 Å². The highest BCUT2D eigenvalue weighted by molar-refractivity contribution is 7.90. The van der Waals surface area contributed by atoms with Gasteiger partial charge in [0.15, 0.2) is 0 Å². The molecule has 2 rings (SSSR count). The van der Waals surface area contributed by atoms with Gasteiger partial charge in [-0.2, -0.15) is 4.72 Å². The van der Waals surface area contributed by atoms with Crippen LogP contribution in [0.4, 0.5) is 0 Å². The molecule has 5 nitrogen and oxygen atoms in total. The molecular weight excluding hydrogens is 321 g/mol. The van der Waals surface area contributed by atoms with Gasteiger partial charge in [-0.1, -0.05) is 23.2 Å². The second-order valence-corrected chi connectivity index (χ2v) is 7.97. The topological polar surface area (TPSA) is 83.5 Å². The van der Waals surface area contributed by atoms with Crippen molar-refractivity contribution in [2.75, 3.05) is 0 Å². The summed E-state index contributed by atoms with van der Waals surface area (Å²) < 4.78 is 26.6. The molecule has 0 amide bonds. The fourth-order valence-electron chi connectivity index (χ4n) is 1.71. The van der Waals surface area contributed by atoms with Crippen molar-refractivity contribution in [2.24, 2.45) is 0 Å². The third-order valence-electron chi connectivity index (χ3n) is 2.86. The first kappa shape index (κ1) is 14.1. The monoisotopic (exact) mass is 329 g/mol. The quantitative estimate of drug-likeness (QED) is 0.888. The van der Waals surface area contributed by atoms with Crippen LogP contribution in [0.5, 0.6) is 0 Å². The molecule has 1 heterocycles. The lowest BCUT2D eigenvalue weighted by atomic mass is 9.78. The van der Waals surface area contributed by atoms with Crippen molar-refractivity contribution >= 4 is 50.5 Å². The van der Waals surface area contributed by atoms with Crippen LogP contribution in [0.15, 0.2) is 11.0 Å². The maximum atomic E-state index is 12.1. The van der Waals surface area contributed by atoms with Crippen LogP contribution in [-0.2, 0) is 14.8 Å². The van der Waals surface area contributed by atoms with Gasteiger partial charge in [0, 0.05) is 0 Å². The number of thiophene rings is 1. The summed E-state index contributed by atoms with van der Waals surface area (Å²) in [5.41, 5.74) is -1.41. The number of aliphatic carboxylic acids is 1. The minimum Gasteiger partial charge on any atom is -0.480 e. The average Bonchev–Trinajstić information content (AvgIpc) is 2.52. The Bertz CT molecular complexity index is 592. The molecule has 1 aliphatic rings. The number of hydrogen-bond acceptors (Lipinski definition) is 4. The zero-order chi connectivity index (χ0) is 13.6. The molecule has 18 heavy (non-hydrogen) atoms. The summed E-state index contributed by atoms with van der Waals surface area (Å²) in [5.74, 6) is -1.17. The molecule has 2 N–H and O–H groups in total. The Labute approximate surface area is 118 Å². The van der Waals surface area contributed by atoms with Gasteiger partial charge in [0.2, 0.25) is 10.0 Å². The third kappa shape index (κ3) is 2.37. The molecule has 0 bridgehead atoms. The predicted molar refractivity (Wildman–Crippen MR) is 68.9 cm³/mol. The summed E-state index contributed by atoms with van der Waals surface area (Å²) in [6, 6.07) is 1.21. The van der Waals surface area contributed by atoms with Gasteiger partial charge in [-0.15, -0.1) is 11.3 Å². The van der Waals surface area contributed by atoms with Crippen molar-refractivity contribution in [2.45, 2.75) is 29.7 Å². The number of carboxylic acids is 1. The van der Waals surface area contributed by atoms with E-state index in [0.717, 1.165) is 11.3 Å². The first-order valence-electron chi connectivity index (χ1n) is 4.99. The van der Waals surface area contributed by atoms with E-state index >= 15 is 0 Å². The summed E-state index contributed by atoms with van der Waals surface area (Å²) in [6.45, 7) is 0. The Hall–Kier alpha value is -0.340. The van der Waals surface area contributed by atoms with Crippen LogP contribution in [-0.4, -0.2) is 25.0 Å². The molecule has 0 spiro atoms. The van der Waals surface area contributed by atoms with Crippen molar-refractivity contribution in [3.05, 3.63) is 14.7 Å². The molecule has 1 aromatic heterocycles. The van der Waals surface area contributed by atoms with Crippen molar-refractivity contribution in [3.8, 4) is 0 Å². The number of carbonyl (C=O) groups is 1. The van der Waals surface area contributed by atoms with Gasteiger partial charge in [-0.05, 0) is 25.3 Å². The average molecular weight is 330 g/mol. The highest BCUT2D eigenvalue weighted by atomic mass is 35.5. The largest absolute Gasteiger partial charge is 0.480 e. The summed E-state index contributed by atoms with van der Waals surface area (Å²) in [7, 11) is -3.97. The summed E-state index contributed by atoms with van der Waals surface area (Å²) >= 11 is 12.4. The number of halogens is 2. The van der Waals surface area contributed by atoms with Gasteiger partial charge in [0.05, 0.1) is 4.34 Å². The minimum absolute atomic E-state index is 0.0207. The smallest absolute Gasteiger partial charge is 0.324 e. The molecule has 0 unspecified atom stereocenters. The standard InChI is InChI=1S/C9H9Cl2NO4S2/c10-6-4-5(7(11)17-6)18(15,16)12-9(8(13)14)2-1-3-9/h4,12H,1-3H2,(H,13,14). The van der Waals surface area contributed by atoms with Crippen molar-refractivity contribution in [3.63, 3.8) is 0 Å². The van der Waals surface area contributed by atoms with Crippen LogP contribution in [0.25, 0.3) is 0 Å². The number of hydrogen-bond donors (Lipinski definition) is 2. The van der Waals surface area contributed by atoms with E-state index in [1.54, 1.807) is 0 Å². The normalized spacial score (nSPS) is 18.3. The second kappa shape index (κ2) is 4.64. The van der Waals surface area contributed by atoms with E-state index < -0.39 is 21.5 Å². The lowest BCUT2D eigenvalue weighted by molar-refractivity contribution is -0.147. The SMILES string of the molecule is O=C(O)C1(NS(=O)(=O)c2cc(Cl)sc2Cl)CCC1. The third-order valence-corrected chi connectivity index (χ3v) is 6.15. The maximum Gasteiger partial charge on any atom is 0.324 e. The fourth-order valence-corrected chi connectivity index (χ4v) is 5.28. The molecule has 0 saturated heterocycles. The van der Waals surface area contributed by atoms with E-state index in [9.17, 15) is 13.2 Å². The molecule has 1 saturated carbocycles. The van der Waals surface area contributed by atoms with Gasteiger partial charge in [0.1, 0.15) is 14.8 Å². The summed E-state index contributed by atoms with van der Waals surface area (Å²) in [6.07, 6.45) is 1.22. The fraction of sp³-hybridized carbons (Fsp3) is 0.444. The number of sulfonamides is 1. The highest BCUT2D eigenvalue weighted by Gasteiger charge is 2.48. The van der Waals surface area contributed by atoms with E-state index in [1.165, 1.54) is 6.07 Å². The molecule has 9 heteroatoms. The molecular formula is C9H9Cl2NO4S2. The van der Waals surface area contributed by atoms with E-state index in [0.29, 0.717) is 6.42 Å². The van der Waals surface area contributed by atoms with Crippen LogP contribution in [0.1, 0.15) is 19.3 Å². The molecule has 0 aliphatic heterocycles. The first-order chi connectivity index (χ1) is 8.27. The predicted octanol–water partition coefficient (Wildman–Crippen LogP) is 2.34. The molecule has 0 aromatic carbocycles. The van der Waals surface area contributed by atoms with Crippen LogP contribution < -0.4 is 4.72 Å². The van der Waals surface area contributed by atoms with Crippen molar-refractivity contribution in [1.82, 2.24) is 4.72 Å². The molecule has 0 atom stereocenters. The first-order valence-corrected chi connectivity index (χ1v) is 8.05. The van der Waals surface area contributed by atoms with Gasteiger partial charge in [0.25, 0.3) is 0 Å². The second-order valence-electron chi connectivity index (χ2n) is 4.03. The Morgan fingerprint density at radius 3 is 2.39 bits per heavy atom. The van der Waals surface area contributed by atoms with E-state index in [1.807, 2.05) is 0 Å². The van der Waals surface area contributed by atoms with E-state index in [2.05, 4.69) is 4.72 Å². The molecule has 0 radical (unpaired) electrons. The zero-order valence-corrected chi connectivity index (χ0v) is 12.1. The zero-order valence-electron chi connectivity index (χ0n) is 8.94. The molecule has 1 aromatic rings. The molecule has 1 aliphatic carbocycles. The Morgan fingerprint density at radius 2 is 2.06 bits per heavy atom. The lowest BCUT2D eigenvalue weighted by Crippen LogP contribution is -2.58. The van der Waals surface area contributed by atoms with Gasteiger partial charge in [-0.25, -0.2) is 8.42 Å². The van der Waals surface area contributed by atoms with Gasteiger partial charge >= 0.3 is 5.97 Å². The minimum atomic E-state index is -3.97. The van der Waals surface area contributed by atoms with Gasteiger partial charge < -0.3 is 5.11 Å². The lowest BCUT2D eigenvalue weighted by Gasteiger charge is -2.37. The van der Waals surface area contributed by atoms with Crippen LogP contribution in [0.2, 0.25) is 8.67 Å². The summed E-state index contributed by atoms with van der Waals surface area (Å²) in [4.78, 5) is 10.9. The van der Waals surface area contributed by atoms with Crippen LogP contribution in [0.3, 0.4) is 0 Å². The van der Waals surface area contributed by atoms with Crippen LogP contribution in [0, 0.1) is 0 Å².